The Bertz CT molecular complexity index is 1430. The second-order valence-corrected chi connectivity index (χ2v) is 11.3. The van der Waals surface area contributed by atoms with Crippen molar-refractivity contribution in [1.29, 1.82) is 0 Å². The second-order valence-electron chi connectivity index (χ2n) is 11.3. The summed E-state index contributed by atoms with van der Waals surface area (Å²) in [6.45, 7) is 5.56. The first-order chi connectivity index (χ1) is 19.2. The number of ether oxygens (including phenoxy) is 1. The van der Waals surface area contributed by atoms with Crippen LogP contribution in [0.4, 0.5) is 4.79 Å². The monoisotopic (exact) mass is 551 g/mol. The van der Waals surface area contributed by atoms with Gasteiger partial charge in [0.15, 0.2) is 0 Å². The quantitative estimate of drug-likeness (QED) is 0.393. The number of amides is 5. The van der Waals surface area contributed by atoms with Crippen molar-refractivity contribution < 1.29 is 28.3 Å². The first-order valence-corrected chi connectivity index (χ1v) is 13.8. The molecule has 3 aliphatic heterocycles. The molecule has 0 radical (unpaired) electrons. The predicted octanol–water partition coefficient (Wildman–Crippen LogP) is 0.604. The van der Waals surface area contributed by atoms with E-state index >= 15 is 0 Å². The van der Waals surface area contributed by atoms with E-state index in [0.29, 0.717) is 70.0 Å². The van der Waals surface area contributed by atoms with Crippen molar-refractivity contribution in [2.75, 3.05) is 45.9 Å². The third-order valence-corrected chi connectivity index (χ3v) is 8.64. The lowest BCUT2D eigenvalue weighted by Gasteiger charge is -2.46. The van der Waals surface area contributed by atoms with Crippen molar-refractivity contribution in [2.24, 2.45) is 5.92 Å². The van der Waals surface area contributed by atoms with Crippen LogP contribution in [0.5, 0.6) is 5.75 Å². The standard InChI is InChI=1S/C28H33N5O7/c1-17-11-24(35)40-22-12-20(4-5-21(17)22)39-10-9-31-7-8-33(23(34)16-31)19-3-2-6-32(15-19)25(36)18-13-28(14-18)26(37)29-27(38)30-28/h4-5,11-12,18-19H,2-3,6-10,13-16H2,1H3,(H2,29,30,37,38). The number of piperidine rings is 1. The highest BCUT2D eigenvalue weighted by molar-refractivity contribution is 6.08. The lowest BCUT2D eigenvalue weighted by Crippen LogP contribution is -2.62. The zero-order chi connectivity index (χ0) is 28.0. The molecule has 40 heavy (non-hydrogen) atoms. The molecule has 12 heteroatoms. The van der Waals surface area contributed by atoms with Gasteiger partial charge in [-0.15, -0.1) is 0 Å². The number of piperazine rings is 1. The number of fused-ring (bicyclic) bond motifs is 1. The number of benzene rings is 1. The number of imide groups is 1. The molecule has 4 aliphatic rings. The molecule has 4 fully saturated rings. The fourth-order valence-corrected chi connectivity index (χ4v) is 6.44. The molecule has 212 valence electrons. The number of nitrogens with zero attached hydrogens (tertiary/aromatic N) is 3. The molecule has 3 saturated heterocycles. The lowest BCUT2D eigenvalue weighted by molar-refractivity contribution is -0.149. The van der Waals surface area contributed by atoms with Crippen molar-refractivity contribution in [1.82, 2.24) is 25.3 Å². The topological polar surface area (TPSA) is 142 Å². The smallest absolute Gasteiger partial charge is 0.336 e. The van der Waals surface area contributed by atoms with Crippen molar-refractivity contribution in [3.8, 4) is 5.75 Å². The van der Waals surface area contributed by atoms with Gasteiger partial charge in [-0.05, 0) is 50.3 Å². The van der Waals surface area contributed by atoms with Crippen LogP contribution < -0.4 is 21.0 Å². The SMILES string of the molecule is Cc1cc(=O)oc2cc(OCCN3CCN(C4CCCN(C(=O)C5CC6(C5)NC(=O)NC6=O)C4)C(=O)C3)ccc12. The zero-order valence-corrected chi connectivity index (χ0v) is 22.4. The Morgan fingerprint density at radius 3 is 2.70 bits per heavy atom. The molecule has 12 nitrogen and oxygen atoms in total. The van der Waals surface area contributed by atoms with Gasteiger partial charge < -0.3 is 24.3 Å². The third kappa shape index (κ3) is 4.91. The maximum absolute atomic E-state index is 13.1. The maximum Gasteiger partial charge on any atom is 0.336 e. The molecule has 2 aromatic rings. The maximum atomic E-state index is 13.1. The molecule has 1 aromatic carbocycles. The van der Waals surface area contributed by atoms with E-state index in [4.69, 9.17) is 9.15 Å². The fraction of sp³-hybridized carbons (Fsp3) is 0.536. The van der Waals surface area contributed by atoms with E-state index in [9.17, 15) is 24.0 Å². The first kappa shape index (κ1) is 26.3. The first-order valence-electron chi connectivity index (χ1n) is 13.8. The van der Waals surface area contributed by atoms with E-state index in [2.05, 4.69) is 15.5 Å². The minimum atomic E-state index is -0.939. The van der Waals surface area contributed by atoms with Gasteiger partial charge in [0.25, 0.3) is 5.91 Å². The normalized spacial score (nSPS) is 27.1. The molecule has 1 aliphatic carbocycles. The van der Waals surface area contributed by atoms with E-state index in [1.54, 1.807) is 6.07 Å². The van der Waals surface area contributed by atoms with Crippen LogP contribution in [0.3, 0.4) is 0 Å². The van der Waals surface area contributed by atoms with Gasteiger partial charge in [0.1, 0.15) is 23.5 Å². The molecular formula is C28H33N5O7. The van der Waals surface area contributed by atoms with Crippen molar-refractivity contribution in [3.63, 3.8) is 0 Å². The average molecular weight is 552 g/mol. The molecule has 1 unspecified atom stereocenters. The van der Waals surface area contributed by atoms with Gasteiger partial charge in [0.05, 0.1) is 6.54 Å². The number of hydrogen-bond acceptors (Lipinski definition) is 8. The van der Waals surface area contributed by atoms with Gasteiger partial charge >= 0.3 is 11.7 Å². The van der Waals surface area contributed by atoms with E-state index in [0.717, 1.165) is 23.8 Å². The molecule has 5 amide bonds. The highest BCUT2D eigenvalue weighted by Gasteiger charge is 2.58. The minimum absolute atomic E-state index is 0.00404. The van der Waals surface area contributed by atoms with Crippen LogP contribution in [0.2, 0.25) is 0 Å². The van der Waals surface area contributed by atoms with Crippen LogP contribution in [0.25, 0.3) is 11.0 Å². The average Bonchev–Trinajstić information content (AvgIpc) is 3.21. The number of carbonyl (C=O) groups is 4. The largest absolute Gasteiger partial charge is 0.492 e. The zero-order valence-electron chi connectivity index (χ0n) is 22.4. The number of urea groups is 1. The Labute approximate surface area is 230 Å². The number of likely N-dealkylation sites (tertiary alicyclic amines) is 1. The van der Waals surface area contributed by atoms with E-state index in [1.807, 2.05) is 28.9 Å². The summed E-state index contributed by atoms with van der Waals surface area (Å²) in [5.74, 6) is -0.00526. The van der Waals surface area contributed by atoms with Gasteiger partial charge in [-0.25, -0.2) is 9.59 Å². The summed E-state index contributed by atoms with van der Waals surface area (Å²) >= 11 is 0. The molecule has 1 atom stereocenters. The van der Waals surface area contributed by atoms with Crippen LogP contribution in [-0.2, 0) is 14.4 Å². The van der Waals surface area contributed by atoms with Gasteiger partial charge in [-0.1, -0.05) is 0 Å². The Balaban J connectivity index is 0.974. The van der Waals surface area contributed by atoms with Gasteiger partial charge in [-0.2, -0.15) is 0 Å². The van der Waals surface area contributed by atoms with Crippen molar-refractivity contribution in [3.05, 3.63) is 40.2 Å². The summed E-state index contributed by atoms with van der Waals surface area (Å²) < 4.78 is 11.2. The molecule has 6 rings (SSSR count). The second kappa shape index (κ2) is 10.2. The Morgan fingerprint density at radius 2 is 1.95 bits per heavy atom. The molecule has 0 bridgehead atoms. The Kier molecular flexibility index (Phi) is 6.73. The fourth-order valence-electron chi connectivity index (χ4n) is 6.44. The molecule has 1 saturated carbocycles. The van der Waals surface area contributed by atoms with Crippen LogP contribution in [0.15, 0.2) is 33.5 Å². The Morgan fingerprint density at radius 1 is 1.12 bits per heavy atom. The van der Waals surface area contributed by atoms with Crippen molar-refractivity contribution >= 4 is 34.7 Å². The van der Waals surface area contributed by atoms with Gasteiger partial charge in [-0.3, -0.25) is 24.6 Å². The highest BCUT2D eigenvalue weighted by Crippen LogP contribution is 2.41. The number of rotatable bonds is 6. The molecule has 2 N–H and O–H groups in total. The Hall–Kier alpha value is -3.93. The lowest BCUT2D eigenvalue weighted by atomic mass is 9.67. The predicted molar refractivity (Wildman–Crippen MR) is 143 cm³/mol. The van der Waals surface area contributed by atoms with Gasteiger partial charge in [0, 0.05) is 62.2 Å². The van der Waals surface area contributed by atoms with Gasteiger partial charge in [0.2, 0.25) is 11.8 Å². The molecule has 1 spiro atoms. The minimum Gasteiger partial charge on any atom is -0.492 e. The van der Waals surface area contributed by atoms with Crippen LogP contribution >= 0.6 is 0 Å². The van der Waals surface area contributed by atoms with Crippen LogP contribution in [0, 0.1) is 12.8 Å². The number of aryl methyl sites for hydroxylation is 1. The summed E-state index contributed by atoms with van der Waals surface area (Å²) in [5.41, 5.74) is 0.00253. The summed E-state index contributed by atoms with van der Waals surface area (Å²) in [6.07, 6.45) is 2.30. The van der Waals surface area contributed by atoms with E-state index in [-0.39, 0.29) is 29.7 Å². The van der Waals surface area contributed by atoms with Crippen LogP contribution in [-0.4, -0.2) is 95.9 Å². The number of carbonyl (C=O) groups excluding carboxylic acids is 4. The summed E-state index contributed by atoms with van der Waals surface area (Å²) in [6, 6.07) is 6.36. The highest BCUT2D eigenvalue weighted by atomic mass is 16.5. The van der Waals surface area contributed by atoms with Crippen molar-refractivity contribution in [2.45, 2.75) is 44.2 Å². The summed E-state index contributed by atoms with van der Waals surface area (Å²) in [7, 11) is 0. The third-order valence-electron chi connectivity index (χ3n) is 8.64. The number of hydrogen-bond donors (Lipinski definition) is 2. The summed E-state index contributed by atoms with van der Waals surface area (Å²) in [4.78, 5) is 67.3. The molecular weight excluding hydrogens is 518 g/mol. The van der Waals surface area contributed by atoms with Crippen LogP contribution in [0.1, 0.15) is 31.2 Å². The van der Waals surface area contributed by atoms with E-state index < -0.39 is 17.2 Å². The molecule has 1 aromatic heterocycles. The molecule has 4 heterocycles. The summed E-state index contributed by atoms with van der Waals surface area (Å²) in [5, 5.41) is 5.77. The van der Waals surface area contributed by atoms with E-state index in [1.165, 1.54) is 6.07 Å². The number of nitrogens with one attached hydrogen (secondary N) is 2.